The fraction of sp³-hybridized carbons (Fsp3) is 0.222. The number of nitro groups is 1. The van der Waals surface area contributed by atoms with Gasteiger partial charge in [0.2, 0.25) is 0 Å². The Kier molecular flexibility index (Phi) is 3.68. The van der Waals surface area contributed by atoms with Crippen LogP contribution in [0.3, 0.4) is 0 Å². The Bertz CT molecular complexity index is 405. The molecule has 0 spiro atoms. The minimum atomic E-state index is -1.08. The van der Waals surface area contributed by atoms with Crippen molar-refractivity contribution in [1.29, 1.82) is 0 Å². The largest absolute Gasteiger partial charge is 0.478 e. The third-order valence-electron chi connectivity index (χ3n) is 1.70. The standard InChI is InChI=1S/C9H9NO4S/c1-2-15-8-5-6(9(11)12)3-4-7(8)10(13)14/h3-5H,2H2,1H3,(H,11,12). The average Bonchev–Trinajstić information content (AvgIpc) is 2.17. The Morgan fingerprint density at radius 2 is 2.27 bits per heavy atom. The Balaban J connectivity index is 3.20. The molecule has 0 heterocycles. The van der Waals surface area contributed by atoms with Gasteiger partial charge in [-0.3, -0.25) is 10.1 Å². The van der Waals surface area contributed by atoms with Gasteiger partial charge in [-0.1, -0.05) is 6.92 Å². The van der Waals surface area contributed by atoms with E-state index in [0.29, 0.717) is 10.6 Å². The molecule has 0 aliphatic heterocycles. The van der Waals surface area contributed by atoms with Gasteiger partial charge >= 0.3 is 5.97 Å². The van der Waals surface area contributed by atoms with Crippen LogP contribution in [0, 0.1) is 10.1 Å². The van der Waals surface area contributed by atoms with Gasteiger partial charge in [0.05, 0.1) is 15.4 Å². The molecule has 5 nitrogen and oxygen atoms in total. The lowest BCUT2D eigenvalue weighted by Crippen LogP contribution is -1.98. The minimum Gasteiger partial charge on any atom is -0.478 e. The molecule has 0 aromatic heterocycles. The maximum atomic E-state index is 10.7. The minimum absolute atomic E-state index is 0.0492. The van der Waals surface area contributed by atoms with Gasteiger partial charge in [0.15, 0.2) is 0 Å². The van der Waals surface area contributed by atoms with Crippen LogP contribution >= 0.6 is 11.8 Å². The van der Waals surface area contributed by atoms with Crippen molar-refractivity contribution in [2.75, 3.05) is 5.75 Å². The van der Waals surface area contributed by atoms with Crippen molar-refractivity contribution in [1.82, 2.24) is 0 Å². The van der Waals surface area contributed by atoms with Gasteiger partial charge in [-0.15, -0.1) is 11.8 Å². The van der Waals surface area contributed by atoms with Crippen LogP contribution in [0.2, 0.25) is 0 Å². The highest BCUT2D eigenvalue weighted by molar-refractivity contribution is 7.99. The number of thioether (sulfide) groups is 1. The average molecular weight is 227 g/mol. The Morgan fingerprint density at radius 3 is 2.73 bits per heavy atom. The highest BCUT2D eigenvalue weighted by Gasteiger charge is 2.16. The molecule has 0 aliphatic carbocycles. The predicted molar refractivity (Wildman–Crippen MR) is 56.5 cm³/mol. The maximum Gasteiger partial charge on any atom is 0.335 e. The molecule has 0 fully saturated rings. The van der Waals surface area contributed by atoms with E-state index in [1.165, 1.54) is 30.0 Å². The summed E-state index contributed by atoms with van der Waals surface area (Å²) in [4.78, 5) is 21.2. The zero-order chi connectivity index (χ0) is 11.4. The molecular formula is C9H9NO4S. The van der Waals surface area contributed by atoms with E-state index in [1.54, 1.807) is 0 Å². The molecule has 1 N–H and O–H groups in total. The summed E-state index contributed by atoms with van der Waals surface area (Å²) in [5, 5.41) is 19.4. The maximum absolute atomic E-state index is 10.7. The molecule has 0 saturated heterocycles. The van der Waals surface area contributed by atoms with Gasteiger partial charge < -0.3 is 5.11 Å². The van der Waals surface area contributed by atoms with Crippen molar-refractivity contribution in [2.24, 2.45) is 0 Å². The summed E-state index contributed by atoms with van der Waals surface area (Å²) in [5.41, 5.74) is 0.0170. The number of hydrogen-bond donors (Lipinski definition) is 1. The number of hydrogen-bond acceptors (Lipinski definition) is 4. The fourth-order valence-corrected chi connectivity index (χ4v) is 1.88. The van der Waals surface area contributed by atoms with Gasteiger partial charge in [0, 0.05) is 6.07 Å². The second-order valence-corrected chi connectivity index (χ2v) is 3.98. The lowest BCUT2D eigenvalue weighted by atomic mass is 10.2. The van der Waals surface area contributed by atoms with Crippen LogP contribution in [0.4, 0.5) is 5.69 Å². The number of nitro benzene ring substituents is 1. The number of benzene rings is 1. The normalized spacial score (nSPS) is 9.93. The molecule has 15 heavy (non-hydrogen) atoms. The topological polar surface area (TPSA) is 80.4 Å². The lowest BCUT2D eigenvalue weighted by molar-refractivity contribution is -0.387. The summed E-state index contributed by atoms with van der Waals surface area (Å²) in [6.45, 7) is 1.85. The number of carboxylic acid groups (broad SMARTS) is 1. The summed E-state index contributed by atoms with van der Waals surface area (Å²) in [6, 6.07) is 3.79. The second kappa shape index (κ2) is 4.79. The third-order valence-corrected chi connectivity index (χ3v) is 2.63. The van der Waals surface area contributed by atoms with Gasteiger partial charge in [0.1, 0.15) is 0 Å². The van der Waals surface area contributed by atoms with Gasteiger partial charge in [-0.25, -0.2) is 4.79 Å². The smallest absolute Gasteiger partial charge is 0.335 e. The molecule has 0 bridgehead atoms. The fourth-order valence-electron chi connectivity index (χ4n) is 1.07. The summed E-state index contributed by atoms with van der Waals surface area (Å²) in [6.07, 6.45) is 0. The van der Waals surface area contributed by atoms with Crippen molar-refractivity contribution >= 4 is 23.4 Å². The van der Waals surface area contributed by atoms with Gasteiger partial charge in [0.25, 0.3) is 5.69 Å². The number of rotatable bonds is 4. The molecule has 6 heteroatoms. The first-order chi connectivity index (χ1) is 7.06. The van der Waals surface area contributed by atoms with E-state index in [0.717, 1.165) is 0 Å². The predicted octanol–water partition coefficient (Wildman–Crippen LogP) is 2.41. The molecule has 0 amide bonds. The number of carboxylic acids is 1. The van der Waals surface area contributed by atoms with E-state index in [1.807, 2.05) is 6.92 Å². The van der Waals surface area contributed by atoms with Crippen molar-refractivity contribution < 1.29 is 14.8 Å². The van der Waals surface area contributed by atoms with Gasteiger partial charge in [-0.2, -0.15) is 0 Å². The van der Waals surface area contributed by atoms with E-state index >= 15 is 0 Å². The van der Waals surface area contributed by atoms with E-state index < -0.39 is 10.9 Å². The number of aromatic carboxylic acids is 1. The van der Waals surface area contributed by atoms with Crippen molar-refractivity contribution in [3.05, 3.63) is 33.9 Å². The molecular weight excluding hydrogens is 218 g/mol. The zero-order valence-corrected chi connectivity index (χ0v) is 8.78. The van der Waals surface area contributed by atoms with Crippen LogP contribution in [0.25, 0.3) is 0 Å². The Hall–Kier alpha value is -1.56. The van der Waals surface area contributed by atoms with Crippen molar-refractivity contribution in [3.63, 3.8) is 0 Å². The SMILES string of the molecule is CCSc1cc(C(=O)O)ccc1[N+](=O)[O-]. The number of nitrogens with zero attached hydrogens (tertiary/aromatic N) is 1. The van der Waals surface area contributed by atoms with Crippen LogP contribution in [0.15, 0.2) is 23.1 Å². The van der Waals surface area contributed by atoms with Crippen molar-refractivity contribution in [2.45, 2.75) is 11.8 Å². The number of carbonyl (C=O) groups is 1. The lowest BCUT2D eigenvalue weighted by Gasteiger charge is -2.01. The molecule has 80 valence electrons. The molecule has 1 aromatic rings. The first kappa shape index (κ1) is 11.5. The van der Waals surface area contributed by atoms with Crippen molar-refractivity contribution in [3.8, 4) is 0 Å². The highest BCUT2D eigenvalue weighted by atomic mass is 32.2. The molecule has 0 radical (unpaired) electrons. The summed E-state index contributed by atoms with van der Waals surface area (Å²) >= 11 is 1.26. The molecule has 0 aliphatic rings. The first-order valence-corrected chi connectivity index (χ1v) is 5.19. The zero-order valence-electron chi connectivity index (χ0n) is 7.97. The summed E-state index contributed by atoms with van der Waals surface area (Å²) in [5.74, 6) is -0.424. The molecule has 1 rings (SSSR count). The van der Waals surface area contributed by atoms with Crippen LogP contribution in [0.5, 0.6) is 0 Å². The van der Waals surface area contributed by atoms with Crippen LogP contribution in [-0.4, -0.2) is 21.8 Å². The van der Waals surface area contributed by atoms with E-state index in [9.17, 15) is 14.9 Å². The van der Waals surface area contributed by atoms with E-state index in [2.05, 4.69) is 0 Å². The summed E-state index contributed by atoms with van der Waals surface area (Å²) in [7, 11) is 0. The molecule has 0 saturated carbocycles. The van der Waals surface area contributed by atoms with Crippen LogP contribution in [0.1, 0.15) is 17.3 Å². The molecule has 0 atom stereocenters. The van der Waals surface area contributed by atoms with Gasteiger partial charge in [-0.05, 0) is 17.9 Å². The third kappa shape index (κ3) is 2.69. The van der Waals surface area contributed by atoms with Crippen LogP contribution < -0.4 is 0 Å². The summed E-state index contributed by atoms with van der Waals surface area (Å²) < 4.78 is 0. The second-order valence-electron chi connectivity index (χ2n) is 2.68. The Morgan fingerprint density at radius 1 is 1.60 bits per heavy atom. The molecule has 1 aromatic carbocycles. The molecule has 0 unspecified atom stereocenters. The Labute approximate surface area is 90.3 Å². The highest BCUT2D eigenvalue weighted by Crippen LogP contribution is 2.29. The van der Waals surface area contributed by atoms with E-state index in [4.69, 9.17) is 5.11 Å². The first-order valence-electron chi connectivity index (χ1n) is 4.20. The quantitative estimate of drug-likeness (QED) is 0.485. The van der Waals surface area contributed by atoms with E-state index in [-0.39, 0.29) is 11.3 Å². The monoisotopic (exact) mass is 227 g/mol. The van der Waals surface area contributed by atoms with Crippen LogP contribution in [-0.2, 0) is 0 Å².